The van der Waals surface area contributed by atoms with Gasteiger partial charge >= 0.3 is 6.09 Å². The van der Waals surface area contributed by atoms with Gasteiger partial charge in [-0.15, -0.1) is 11.3 Å². The summed E-state index contributed by atoms with van der Waals surface area (Å²) in [4.78, 5) is 39.7. The van der Waals surface area contributed by atoms with E-state index in [0.717, 1.165) is 32.0 Å². The first-order valence-electron chi connectivity index (χ1n) is 13.1. The molecule has 0 saturated carbocycles. The SMILES string of the molecule is CCOC(=O)N1c2sc(C(=O)NC(C)(C)c3ccccc3)cc2C(NC(=O)c2ccc(CNC(C)C)cc2)N1Cl. The normalized spacial score (nSPS) is 15.2. The maximum Gasteiger partial charge on any atom is 0.431 e. The van der Waals surface area contributed by atoms with Crippen molar-refractivity contribution in [3.8, 4) is 0 Å². The van der Waals surface area contributed by atoms with Crippen LogP contribution in [-0.4, -0.2) is 35.1 Å². The number of halogens is 1. The van der Waals surface area contributed by atoms with E-state index in [1.165, 1.54) is 0 Å². The minimum Gasteiger partial charge on any atom is -0.448 e. The highest BCUT2D eigenvalue weighted by molar-refractivity contribution is 7.18. The summed E-state index contributed by atoms with van der Waals surface area (Å²) in [6, 6.07) is 18.9. The van der Waals surface area contributed by atoms with Crippen molar-refractivity contribution >= 4 is 46.0 Å². The number of hydrogen-bond donors (Lipinski definition) is 3. The van der Waals surface area contributed by atoms with E-state index in [2.05, 4.69) is 29.8 Å². The Labute approximate surface area is 243 Å². The monoisotopic (exact) mass is 583 g/mol. The second-order valence-corrected chi connectivity index (χ2v) is 11.6. The van der Waals surface area contributed by atoms with E-state index >= 15 is 0 Å². The minimum atomic E-state index is -0.907. The molecule has 212 valence electrons. The molecule has 0 spiro atoms. The van der Waals surface area contributed by atoms with Crippen LogP contribution in [0.1, 0.15) is 77.5 Å². The third kappa shape index (κ3) is 6.47. The summed E-state index contributed by atoms with van der Waals surface area (Å²) in [5.74, 6) is -0.688. The highest BCUT2D eigenvalue weighted by Crippen LogP contribution is 2.46. The molecule has 4 rings (SSSR count). The number of thiophene rings is 1. The molecule has 1 atom stereocenters. The summed E-state index contributed by atoms with van der Waals surface area (Å²) in [5.41, 5.74) is 2.31. The van der Waals surface area contributed by atoms with Crippen LogP contribution in [0.15, 0.2) is 60.7 Å². The molecule has 3 amide bonds. The lowest BCUT2D eigenvalue weighted by Gasteiger charge is -2.27. The number of hydrogen-bond acceptors (Lipinski definition) is 7. The molecule has 3 aromatic rings. The van der Waals surface area contributed by atoms with Gasteiger partial charge in [0.25, 0.3) is 11.8 Å². The molecule has 40 heavy (non-hydrogen) atoms. The summed E-state index contributed by atoms with van der Waals surface area (Å²) >= 11 is 7.67. The van der Waals surface area contributed by atoms with Gasteiger partial charge in [-0.3, -0.25) is 9.59 Å². The van der Waals surface area contributed by atoms with Crippen LogP contribution >= 0.6 is 23.1 Å². The molecule has 1 aromatic heterocycles. The first kappa shape index (κ1) is 29.5. The van der Waals surface area contributed by atoms with Crippen LogP contribution in [0, 0.1) is 0 Å². The van der Waals surface area contributed by atoms with Crippen molar-refractivity contribution in [1.29, 1.82) is 0 Å². The van der Waals surface area contributed by atoms with Crippen LogP contribution in [-0.2, 0) is 16.8 Å². The predicted octanol–water partition coefficient (Wildman–Crippen LogP) is 5.69. The lowest BCUT2D eigenvalue weighted by molar-refractivity contribution is 0.0899. The predicted molar refractivity (Wildman–Crippen MR) is 157 cm³/mol. The number of fused-ring (bicyclic) bond motifs is 1. The Morgan fingerprint density at radius 1 is 1.05 bits per heavy atom. The highest BCUT2D eigenvalue weighted by Gasteiger charge is 2.44. The van der Waals surface area contributed by atoms with Crippen molar-refractivity contribution in [2.45, 2.75) is 58.9 Å². The second-order valence-electron chi connectivity index (χ2n) is 10.2. The van der Waals surface area contributed by atoms with E-state index in [9.17, 15) is 14.4 Å². The molecule has 0 aliphatic carbocycles. The Morgan fingerprint density at radius 3 is 2.35 bits per heavy atom. The van der Waals surface area contributed by atoms with Gasteiger partial charge in [-0.2, -0.15) is 5.01 Å². The van der Waals surface area contributed by atoms with Crippen molar-refractivity contribution in [2.75, 3.05) is 11.6 Å². The zero-order valence-corrected chi connectivity index (χ0v) is 24.7. The molecule has 1 unspecified atom stereocenters. The van der Waals surface area contributed by atoms with Gasteiger partial charge < -0.3 is 20.7 Å². The molecule has 0 fully saturated rings. The van der Waals surface area contributed by atoms with Crippen LogP contribution in [0.3, 0.4) is 0 Å². The number of nitrogens with one attached hydrogen (secondary N) is 3. The summed E-state index contributed by atoms with van der Waals surface area (Å²) in [7, 11) is 0. The number of amides is 3. The molecule has 0 bridgehead atoms. The Bertz CT molecular complexity index is 1360. The van der Waals surface area contributed by atoms with E-state index in [4.69, 9.17) is 16.5 Å². The van der Waals surface area contributed by atoms with Crippen molar-refractivity contribution < 1.29 is 19.1 Å². The van der Waals surface area contributed by atoms with Crippen LogP contribution in [0.4, 0.5) is 9.80 Å². The Morgan fingerprint density at radius 2 is 1.73 bits per heavy atom. The lowest BCUT2D eigenvalue weighted by Crippen LogP contribution is -2.44. The average Bonchev–Trinajstić information content (AvgIpc) is 3.45. The Kier molecular flexibility index (Phi) is 9.15. The van der Waals surface area contributed by atoms with Crippen molar-refractivity contribution in [2.24, 2.45) is 0 Å². The van der Waals surface area contributed by atoms with E-state index in [-0.39, 0.29) is 18.4 Å². The minimum absolute atomic E-state index is 0.133. The smallest absolute Gasteiger partial charge is 0.431 e. The lowest BCUT2D eigenvalue weighted by atomic mass is 9.94. The second kappa shape index (κ2) is 12.4. The van der Waals surface area contributed by atoms with Gasteiger partial charge in [0.2, 0.25) is 0 Å². The molecule has 11 heteroatoms. The van der Waals surface area contributed by atoms with Gasteiger partial charge in [-0.25, -0.2) is 4.79 Å². The molecule has 1 aliphatic heterocycles. The van der Waals surface area contributed by atoms with Gasteiger partial charge in [-0.05, 0) is 50.1 Å². The molecular weight excluding hydrogens is 550 g/mol. The number of carbonyl (C=O) groups is 3. The Hall–Kier alpha value is -3.44. The zero-order valence-electron chi connectivity index (χ0n) is 23.2. The first-order chi connectivity index (χ1) is 19.0. The number of hydrazine groups is 1. The molecule has 1 aliphatic rings. The van der Waals surface area contributed by atoms with E-state index in [1.807, 2.05) is 56.3 Å². The highest BCUT2D eigenvalue weighted by atomic mass is 35.5. The molecule has 2 aromatic carbocycles. The number of ether oxygens (including phenoxy) is 1. The largest absolute Gasteiger partial charge is 0.448 e. The van der Waals surface area contributed by atoms with E-state index < -0.39 is 17.8 Å². The van der Waals surface area contributed by atoms with Gasteiger partial charge in [0, 0.05) is 35.5 Å². The van der Waals surface area contributed by atoms with E-state index in [0.29, 0.717) is 33.6 Å². The van der Waals surface area contributed by atoms with Gasteiger partial charge in [0.05, 0.1) is 17.0 Å². The van der Waals surface area contributed by atoms with Crippen molar-refractivity contribution in [1.82, 2.24) is 20.5 Å². The third-order valence-corrected chi connectivity index (χ3v) is 7.89. The molecule has 3 N–H and O–H groups in total. The summed E-state index contributed by atoms with van der Waals surface area (Å²) in [6.07, 6.45) is -1.62. The summed E-state index contributed by atoms with van der Waals surface area (Å²) < 4.78 is 6.29. The topological polar surface area (TPSA) is 103 Å². The molecular formula is C29H34ClN5O4S. The van der Waals surface area contributed by atoms with Crippen molar-refractivity contribution in [3.63, 3.8) is 0 Å². The quantitative estimate of drug-likeness (QED) is 0.280. The first-order valence-corrected chi connectivity index (χ1v) is 14.2. The van der Waals surface area contributed by atoms with Crippen LogP contribution in [0.2, 0.25) is 0 Å². The fourth-order valence-corrected chi connectivity index (χ4v) is 5.65. The van der Waals surface area contributed by atoms with Crippen LogP contribution < -0.4 is 21.0 Å². The molecule has 0 radical (unpaired) electrons. The number of nitrogens with zero attached hydrogens (tertiary/aromatic N) is 2. The summed E-state index contributed by atoms with van der Waals surface area (Å²) in [6.45, 7) is 10.5. The van der Waals surface area contributed by atoms with Crippen LogP contribution in [0.25, 0.3) is 0 Å². The van der Waals surface area contributed by atoms with Crippen LogP contribution in [0.5, 0.6) is 0 Å². The fourth-order valence-electron chi connectivity index (χ4n) is 4.24. The average molecular weight is 584 g/mol. The maximum absolute atomic E-state index is 13.3. The number of carbonyl (C=O) groups excluding carboxylic acids is 3. The summed E-state index contributed by atoms with van der Waals surface area (Å²) in [5, 5.41) is 10.8. The number of benzene rings is 2. The van der Waals surface area contributed by atoms with E-state index in [1.54, 1.807) is 25.1 Å². The standard InChI is InChI=1S/C29H34ClN5O4S/c1-6-39-28(38)34-27-22(16-23(40-27)26(37)33-29(4,5)21-10-8-7-9-11-21)24(35(34)30)32-25(36)20-14-12-19(13-15-20)17-31-18(2)3/h7-16,18,24,31H,6,17H2,1-5H3,(H,32,36)(H,33,37). The van der Waals surface area contributed by atoms with Gasteiger partial charge in [0.1, 0.15) is 11.2 Å². The third-order valence-electron chi connectivity index (χ3n) is 6.42. The van der Waals surface area contributed by atoms with Gasteiger partial charge in [0.15, 0.2) is 0 Å². The fraction of sp³-hybridized carbons (Fsp3) is 0.345. The zero-order chi connectivity index (χ0) is 29.0. The maximum atomic E-state index is 13.3. The molecule has 2 heterocycles. The van der Waals surface area contributed by atoms with Gasteiger partial charge in [-0.1, -0.05) is 60.8 Å². The number of rotatable bonds is 9. The number of anilines is 1. The Balaban J connectivity index is 1.57. The molecule has 0 saturated heterocycles. The van der Waals surface area contributed by atoms with Crippen molar-refractivity contribution in [3.05, 3.63) is 87.8 Å². The molecule has 9 nitrogen and oxygen atoms in total.